The van der Waals surface area contributed by atoms with E-state index >= 15 is 0 Å². The Hall–Kier alpha value is -0.780. The average molecular weight is 378 g/mol. The summed E-state index contributed by atoms with van der Waals surface area (Å²) < 4.78 is 5.99. The van der Waals surface area contributed by atoms with Crippen LogP contribution >= 0.6 is 28.3 Å². The highest BCUT2D eigenvalue weighted by Crippen LogP contribution is 2.26. The molecule has 1 aromatic carbocycles. The molecular formula is C15H22BrClN2O2. The van der Waals surface area contributed by atoms with Crippen molar-refractivity contribution < 1.29 is 9.53 Å². The minimum absolute atomic E-state index is 0. The van der Waals surface area contributed by atoms with Crippen molar-refractivity contribution in [3.63, 3.8) is 0 Å². The molecule has 0 aromatic heterocycles. The molecule has 1 unspecified atom stereocenters. The van der Waals surface area contributed by atoms with Crippen molar-refractivity contribution in [2.45, 2.75) is 25.8 Å². The molecule has 1 fully saturated rings. The third-order valence-electron chi connectivity index (χ3n) is 3.97. The summed E-state index contributed by atoms with van der Waals surface area (Å²) in [4.78, 5) is 14.5. The van der Waals surface area contributed by atoms with E-state index in [1.54, 1.807) is 13.2 Å². The molecule has 6 heteroatoms. The van der Waals surface area contributed by atoms with E-state index in [0.29, 0.717) is 17.2 Å². The molecule has 2 N–H and O–H groups in total. The average Bonchev–Trinajstić information content (AvgIpc) is 2.47. The van der Waals surface area contributed by atoms with E-state index < -0.39 is 0 Å². The SMILES string of the molecule is COc1ccc(Br)c(C(=O)N2CCC(C(C)N)CC2)c1.Cl. The number of hydrogen-bond donors (Lipinski definition) is 1. The molecule has 4 nitrogen and oxygen atoms in total. The number of likely N-dealkylation sites (tertiary alicyclic amines) is 1. The maximum absolute atomic E-state index is 12.6. The maximum Gasteiger partial charge on any atom is 0.255 e. The highest BCUT2D eigenvalue weighted by molar-refractivity contribution is 9.10. The minimum Gasteiger partial charge on any atom is -0.497 e. The minimum atomic E-state index is 0. The Kier molecular flexibility index (Phi) is 6.97. The van der Waals surface area contributed by atoms with Crippen molar-refractivity contribution in [2.75, 3.05) is 20.2 Å². The van der Waals surface area contributed by atoms with Crippen LogP contribution in [0, 0.1) is 5.92 Å². The Morgan fingerprint density at radius 2 is 2.05 bits per heavy atom. The first-order valence-electron chi connectivity index (χ1n) is 6.91. The van der Waals surface area contributed by atoms with Crippen LogP contribution in [0.25, 0.3) is 0 Å². The standard InChI is InChI=1S/C15H21BrN2O2.ClH/c1-10(17)11-5-7-18(8-6-11)15(19)13-9-12(20-2)3-4-14(13)16;/h3-4,9-11H,5-8,17H2,1-2H3;1H. The molecular weight excluding hydrogens is 356 g/mol. The summed E-state index contributed by atoms with van der Waals surface area (Å²) in [7, 11) is 1.60. The van der Waals surface area contributed by atoms with Crippen LogP contribution in [0.5, 0.6) is 5.75 Å². The molecule has 1 heterocycles. The fourth-order valence-corrected chi connectivity index (χ4v) is 3.01. The number of halogens is 2. The highest BCUT2D eigenvalue weighted by Gasteiger charge is 2.26. The molecule has 0 saturated carbocycles. The summed E-state index contributed by atoms with van der Waals surface area (Å²) in [6.45, 7) is 3.59. The predicted molar refractivity (Wildman–Crippen MR) is 90.2 cm³/mol. The van der Waals surface area contributed by atoms with Crippen LogP contribution in [-0.2, 0) is 0 Å². The fraction of sp³-hybridized carbons (Fsp3) is 0.533. The van der Waals surface area contributed by atoms with Gasteiger partial charge in [-0.3, -0.25) is 4.79 Å². The summed E-state index contributed by atoms with van der Waals surface area (Å²) in [5, 5.41) is 0. The van der Waals surface area contributed by atoms with Crippen molar-refractivity contribution in [1.82, 2.24) is 4.90 Å². The summed E-state index contributed by atoms with van der Waals surface area (Å²) >= 11 is 3.44. The molecule has 0 spiro atoms. The van der Waals surface area contributed by atoms with Crippen LogP contribution in [0.2, 0.25) is 0 Å². The number of piperidine rings is 1. The molecule has 1 atom stereocenters. The van der Waals surface area contributed by atoms with Crippen LogP contribution in [-0.4, -0.2) is 37.0 Å². The van der Waals surface area contributed by atoms with Crippen LogP contribution in [0.4, 0.5) is 0 Å². The third kappa shape index (κ3) is 4.34. The van der Waals surface area contributed by atoms with Gasteiger partial charge in [-0.25, -0.2) is 0 Å². The van der Waals surface area contributed by atoms with E-state index in [0.717, 1.165) is 30.4 Å². The van der Waals surface area contributed by atoms with Crippen molar-refractivity contribution in [2.24, 2.45) is 11.7 Å². The van der Waals surface area contributed by atoms with Gasteiger partial charge >= 0.3 is 0 Å². The molecule has 1 amide bonds. The number of amides is 1. The number of benzene rings is 1. The lowest BCUT2D eigenvalue weighted by Gasteiger charge is -2.34. The van der Waals surface area contributed by atoms with E-state index in [4.69, 9.17) is 10.5 Å². The highest BCUT2D eigenvalue weighted by atomic mass is 79.9. The van der Waals surface area contributed by atoms with Crippen molar-refractivity contribution >= 4 is 34.2 Å². The summed E-state index contributed by atoms with van der Waals surface area (Å²) in [5.41, 5.74) is 6.59. The van der Waals surface area contributed by atoms with E-state index in [-0.39, 0.29) is 24.4 Å². The van der Waals surface area contributed by atoms with E-state index in [9.17, 15) is 4.79 Å². The van der Waals surface area contributed by atoms with Gasteiger partial charge in [0.1, 0.15) is 5.75 Å². The lowest BCUT2D eigenvalue weighted by Crippen LogP contribution is -2.42. The quantitative estimate of drug-likeness (QED) is 0.880. The maximum atomic E-state index is 12.6. The summed E-state index contributed by atoms with van der Waals surface area (Å²) in [6.07, 6.45) is 1.95. The largest absolute Gasteiger partial charge is 0.497 e. The normalized spacial score (nSPS) is 17.0. The third-order valence-corrected chi connectivity index (χ3v) is 4.67. The Morgan fingerprint density at radius 1 is 1.43 bits per heavy atom. The predicted octanol–water partition coefficient (Wildman–Crippen LogP) is 3.08. The molecule has 0 aliphatic carbocycles. The fourth-order valence-electron chi connectivity index (χ4n) is 2.59. The number of hydrogen-bond acceptors (Lipinski definition) is 3. The Labute approximate surface area is 140 Å². The number of nitrogens with zero attached hydrogens (tertiary/aromatic N) is 1. The molecule has 21 heavy (non-hydrogen) atoms. The lowest BCUT2D eigenvalue weighted by atomic mass is 9.90. The smallest absolute Gasteiger partial charge is 0.255 e. The van der Waals surface area contributed by atoms with Gasteiger partial charge in [0.25, 0.3) is 5.91 Å². The molecule has 118 valence electrons. The lowest BCUT2D eigenvalue weighted by molar-refractivity contribution is 0.0679. The Bertz CT molecular complexity index is 489. The number of carbonyl (C=O) groups excluding carboxylic acids is 1. The number of ether oxygens (including phenoxy) is 1. The molecule has 1 saturated heterocycles. The molecule has 1 aliphatic heterocycles. The first-order valence-corrected chi connectivity index (χ1v) is 7.70. The van der Waals surface area contributed by atoms with Gasteiger partial charge < -0.3 is 15.4 Å². The van der Waals surface area contributed by atoms with Gasteiger partial charge in [0, 0.05) is 23.6 Å². The zero-order chi connectivity index (χ0) is 14.7. The number of rotatable bonds is 3. The molecule has 1 aromatic rings. The van der Waals surface area contributed by atoms with Crippen molar-refractivity contribution in [3.8, 4) is 5.75 Å². The van der Waals surface area contributed by atoms with Gasteiger partial charge in [0.2, 0.25) is 0 Å². The zero-order valence-corrected chi connectivity index (χ0v) is 14.7. The summed E-state index contributed by atoms with van der Waals surface area (Å²) in [6, 6.07) is 5.67. The summed E-state index contributed by atoms with van der Waals surface area (Å²) in [5.74, 6) is 1.27. The Morgan fingerprint density at radius 3 is 2.57 bits per heavy atom. The van der Waals surface area contributed by atoms with Gasteiger partial charge in [-0.05, 0) is 59.8 Å². The van der Waals surface area contributed by atoms with Gasteiger partial charge in [-0.2, -0.15) is 0 Å². The van der Waals surface area contributed by atoms with Gasteiger partial charge in [0.15, 0.2) is 0 Å². The molecule has 1 aliphatic rings. The number of nitrogens with two attached hydrogens (primary N) is 1. The topological polar surface area (TPSA) is 55.6 Å². The van der Waals surface area contributed by atoms with Crippen LogP contribution in [0.3, 0.4) is 0 Å². The number of carbonyl (C=O) groups is 1. The number of methoxy groups -OCH3 is 1. The van der Waals surface area contributed by atoms with E-state index in [2.05, 4.69) is 15.9 Å². The van der Waals surface area contributed by atoms with E-state index in [1.807, 2.05) is 24.0 Å². The molecule has 2 rings (SSSR count). The monoisotopic (exact) mass is 376 g/mol. The van der Waals surface area contributed by atoms with Crippen molar-refractivity contribution in [3.05, 3.63) is 28.2 Å². The van der Waals surface area contributed by atoms with Crippen molar-refractivity contribution in [1.29, 1.82) is 0 Å². The molecule has 0 bridgehead atoms. The Balaban J connectivity index is 0.00000220. The second-order valence-electron chi connectivity index (χ2n) is 5.33. The van der Waals surface area contributed by atoms with E-state index in [1.165, 1.54) is 0 Å². The first kappa shape index (κ1) is 18.3. The van der Waals surface area contributed by atoms with Gasteiger partial charge in [0.05, 0.1) is 12.7 Å². The van der Waals surface area contributed by atoms with Crippen LogP contribution < -0.4 is 10.5 Å². The van der Waals surface area contributed by atoms with Gasteiger partial charge in [-0.15, -0.1) is 12.4 Å². The van der Waals surface area contributed by atoms with Crippen LogP contribution in [0.1, 0.15) is 30.1 Å². The van der Waals surface area contributed by atoms with Crippen LogP contribution in [0.15, 0.2) is 22.7 Å². The zero-order valence-electron chi connectivity index (χ0n) is 12.3. The second-order valence-corrected chi connectivity index (χ2v) is 6.19. The second kappa shape index (κ2) is 8.01. The first-order chi connectivity index (χ1) is 9.52. The molecule has 0 radical (unpaired) electrons. The van der Waals surface area contributed by atoms with Gasteiger partial charge in [-0.1, -0.05) is 0 Å².